The molecule has 3 heteroatoms. The van der Waals surface area contributed by atoms with E-state index >= 15 is 0 Å². The molecule has 1 heterocycles. The number of hydrogen-bond acceptors (Lipinski definition) is 2. The summed E-state index contributed by atoms with van der Waals surface area (Å²) < 4.78 is 0.812. The molecular formula is C10H8ClNS. The molecular weight excluding hydrogens is 202 g/mol. The van der Waals surface area contributed by atoms with Crippen molar-refractivity contribution in [3.8, 4) is 10.4 Å². The zero-order valence-electron chi connectivity index (χ0n) is 6.83. The summed E-state index contributed by atoms with van der Waals surface area (Å²) in [7, 11) is 0. The fourth-order valence-electron chi connectivity index (χ4n) is 1.12. The lowest BCUT2D eigenvalue weighted by Gasteiger charge is -1.96. The van der Waals surface area contributed by atoms with Crippen molar-refractivity contribution < 1.29 is 0 Å². The van der Waals surface area contributed by atoms with Crippen LogP contribution in [0.15, 0.2) is 36.4 Å². The van der Waals surface area contributed by atoms with Crippen LogP contribution in [0.3, 0.4) is 0 Å². The summed E-state index contributed by atoms with van der Waals surface area (Å²) >= 11 is 7.41. The van der Waals surface area contributed by atoms with Gasteiger partial charge in [0.2, 0.25) is 0 Å². The Morgan fingerprint density at radius 1 is 1.00 bits per heavy atom. The topological polar surface area (TPSA) is 26.0 Å². The van der Waals surface area contributed by atoms with Crippen molar-refractivity contribution in [2.75, 3.05) is 5.73 Å². The van der Waals surface area contributed by atoms with Gasteiger partial charge in [-0.15, -0.1) is 11.3 Å². The fourth-order valence-corrected chi connectivity index (χ4v) is 2.17. The van der Waals surface area contributed by atoms with Gasteiger partial charge in [-0.1, -0.05) is 23.7 Å². The van der Waals surface area contributed by atoms with E-state index in [-0.39, 0.29) is 0 Å². The van der Waals surface area contributed by atoms with Crippen molar-refractivity contribution in [3.63, 3.8) is 0 Å². The molecule has 2 N–H and O–H groups in total. The summed E-state index contributed by atoms with van der Waals surface area (Å²) in [5.41, 5.74) is 7.53. The molecule has 0 unspecified atom stereocenters. The Kier molecular flexibility index (Phi) is 2.25. The molecule has 0 spiro atoms. The second kappa shape index (κ2) is 3.40. The zero-order chi connectivity index (χ0) is 9.26. The Balaban J connectivity index is 2.41. The van der Waals surface area contributed by atoms with Gasteiger partial charge in [0.05, 0.1) is 4.34 Å². The van der Waals surface area contributed by atoms with Crippen LogP contribution in [0.25, 0.3) is 10.4 Å². The zero-order valence-corrected chi connectivity index (χ0v) is 8.40. The smallest absolute Gasteiger partial charge is 0.0934 e. The molecule has 13 heavy (non-hydrogen) atoms. The van der Waals surface area contributed by atoms with Crippen LogP contribution in [0.4, 0.5) is 5.69 Å². The van der Waals surface area contributed by atoms with E-state index in [2.05, 4.69) is 0 Å². The van der Waals surface area contributed by atoms with Crippen LogP contribution in [0.1, 0.15) is 0 Å². The maximum Gasteiger partial charge on any atom is 0.0934 e. The highest BCUT2D eigenvalue weighted by atomic mass is 35.5. The summed E-state index contributed by atoms with van der Waals surface area (Å²) in [5.74, 6) is 0. The van der Waals surface area contributed by atoms with E-state index < -0.39 is 0 Å². The minimum absolute atomic E-state index is 0.784. The van der Waals surface area contributed by atoms with Crippen molar-refractivity contribution in [3.05, 3.63) is 40.7 Å². The predicted octanol–water partition coefficient (Wildman–Crippen LogP) is 3.65. The summed E-state index contributed by atoms with van der Waals surface area (Å²) in [4.78, 5) is 1.17. The highest BCUT2D eigenvalue weighted by molar-refractivity contribution is 7.19. The molecule has 0 aliphatic rings. The molecule has 0 aliphatic carbocycles. The van der Waals surface area contributed by atoms with E-state index in [9.17, 15) is 0 Å². The summed E-state index contributed by atoms with van der Waals surface area (Å²) in [6.45, 7) is 0. The van der Waals surface area contributed by atoms with Gasteiger partial charge in [0.15, 0.2) is 0 Å². The first-order valence-electron chi connectivity index (χ1n) is 3.87. The van der Waals surface area contributed by atoms with Crippen LogP contribution in [0.5, 0.6) is 0 Å². The van der Waals surface area contributed by atoms with Gasteiger partial charge in [-0.3, -0.25) is 0 Å². The van der Waals surface area contributed by atoms with E-state index in [1.807, 2.05) is 36.4 Å². The standard InChI is InChI=1S/C10H8ClNS/c11-10-6-5-9(13-10)7-1-3-8(12)4-2-7/h1-6H,12H2. The number of rotatable bonds is 1. The first kappa shape index (κ1) is 8.60. The molecule has 0 bridgehead atoms. The van der Waals surface area contributed by atoms with Crippen molar-refractivity contribution in [2.24, 2.45) is 0 Å². The SMILES string of the molecule is Nc1ccc(-c2ccc(Cl)s2)cc1. The van der Waals surface area contributed by atoms with E-state index in [1.54, 1.807) is 11.3 Å². The highest BCUT2D eigenvalue weighted by Crippen LogP contribution is 2.31. The number of hydrogen-bond donors (Lipinski definition) is 1. The molecule has 0 fully saturated rings. The van der Waals surface area contributed by atoms with Crippen LogP contribution >= 0.6 is 22.9 Å². The number of benzene rings is 1. The Morgan fingerprint density at radius 2 is 1.69 bits per heavy atom. The van der Waals surface area contributed by atoms with Crippen LogP contribution < -0.4 is 5.73 Å². The fraction of sp³-hybridized carbons (Fsp3) is 0. The van der Waals surface area contributed by atoms with Crippen LogP contribution in [0.2, 0.25) is 4.34 Å². The Bertz CT molecular complexity index is 405. The van der Waals surface area contributed by atoms with Crippen molar-refractivity contribution in [1.29, 1.82) is 0 Å². The number of thiophene rings is 1. The number of nitrogen functional groups attached to an aromatic ring is 1. The first-order valence-corrected chi connectivity index (χ1v) is 5.06. The van der Waals surface area contributed by atoms with Gasteiger partial charge in [-0.25, -0.2) is 0 Å². The van der Waals surface area contributed by atoms with Crippen LogP contribution in [0, 0.1) is 0 Å². The van der Waals surface area contributed by atoms with E-state index in [4.69, 9.17) is 17.3 Å². The third-order valence-corrected chi connectivity index (χ3v) is 3.05. The molecule has 0 atom stereocenters. The molecule has 2 rings (SSSR count). The summed E-state index contributed by atoms with van der Waals surface area (Å²) in [5, 5.41) is 0. The second-order valence-corrected chi connectivity index (χ2v) is 4.44. The van der Waals surface area contributed by atoms with Crippen molar-refractivity contribution >= 4 is 28.6 Å². The van der Waals surface area contributed by atoms with Gasteiger partial charge < -0.3 is 5.73 Å². The monoisotopic (exact) mass is 209 g/mol. The number of nitrogens with two attached hydrogens (primary N) is 1. The minimum atomic E-state index is 0.784. The normalized spacial score (nSPS) is 10.2. The van der Waals surface area contributed by atoms with Gasteiger partial charge >= 0.3 is 0 Å². The van der Waals surface area contributed by atoms with Gasteiger partial charge in [0, 0.05) is 10.6 Å². The molecule has 2 aromatic rings. The maximum atomic E-state index is 5.84. The average molecular weight is 210 g/mol. The molecule has 1 aromatic carbocycles. The lowest BCUT2D eigenvalue weighted by molar-refractivity contribution is 1.68. The minimum Gasteiger partial charge on any atom is -0.399 e. The molecule has 1 aromatic heterocycles. The third-order valence-electron chi connectivity index (χ3n) is 1.77. The molecule has 0 saturated heterocycles. The Morgan fingerprint density at radius 3 is 2.23 bits per heavy atom. The first-order chi connectivity index (χ1) is 6.25. The van der Waals surface area contributed by atoms with Gasteiger partial charge in [-0.2, -0.15) is 0 Å². The van der Waals surface area contributed by atoms with Crippen LogP contribution in [-0.4, -0.2) is 0 Å². The molecule has 0 saturated carbocycles. The number of halogens is 1. The van der Waals surface area contributed by atoms with E-state index in [0.29, 0.717) is 0 Å². The maximum absolute atomic E-state index is 5.84. The van der Waals surface area contributed by atoms with Gasteiger partial charge in [0.1, 0.15) is 0 Å². The average Bonchev–Trinajstić information content (AvgIpc) is 2.53. The third kappa shape index (κ3) is 1.85. The molecule has 66 valence electrons. The lowest BCUT2D eigenvalue weighted by Crippen LogP contribution is -1.82. The highest BCUT2D eigenvalue weighted by Gasteiger charge is 2.00. The van der Waals surface area contributed by atoms with E-state index in [1.165, 1.54) is 4.88 Å². The second-order valence-electron chi connectivity index (χ2n) is 2.73. The van der Waals surface area contributed by atoms with Crippen LogP contribution in [-0.2, 0) is 0 Å². The Labute approximate surface area is 85.8 Å². The molecule has 1 nitrogen and oxygen atoms in total. The van der Waals surface area contributed by atoms with Gasteiger partial charge in [-0.05, 0) is 29.8 Å². The molecule has 0 amide bonds. The quantitative estimate of drug-likeness (QED) is 0.713. The summed E-state index contributed by atoms with van der Waals surface area (Å²) in [6.07, 6.45) is 0. The van der Waals surface area contributed by atoms with Crippen molar-refractivity contribution in [2.45, 2.75) is 0 Å². The van der Waals surface area contributed by atoms with Crippen molar-refractivity contribution in [1.82, 2.24) is 0 Å². The molecule has 0 radical (unpaired) electrons. The predicted molar refractivity (Wildman–Crippen MR) is 59.2 cm³/mol. The van der Waals surface area contributed by atoms with Gasteiger partial charge in [0.25, 0.3) is 0 Å². The number of anilines is 1. The van der Waals surface area contributed by atoms with E-state index in [0.717, 1.165) is 15.6 Å². The largest absolute Gasteiger partial charge is 0.399 e. The lowest BCUT2D eigenvalue weighted by atomic mass is 10.2. The summed E-state index contributed by atoms with van der Waals surface area (Å²) in [6, 6.07) is 11.7. The Hall–Kier alpha value is -0.990. The molecule has 0 aliphatic heterocycles.